The third-order valence-electron chi connectivity index (χ3n) is 3.87. The van der Waals surface area contributed by atoms with E-state index in [0.717, 1.165) is 38.7 Å². The molecule has 0 spiro atoms. The van der Waals surface area contributed by atoms with E-state index in [9.17, 15) is 0 Å². The van der Waals surface area contributed by atoms with Crippen molar-refractivity contribution in [3.63, 3.8) is 0 Å². The first-order valence-electron chi connectivity index (χ1n) is 7.65. The van der Waals surface area contributed by atoms with Crippen molar-refractivity contribution in [2.75, 3.05) is 40.4 Å². The number of likely N-dealkylation sites (tertiary alicyclic amines) is 1. The maximum atomic E-state index is 5.25. The lowest BCUT2D eigenvalue weighted by Crippen LogP contribution is -2.42. The van der Waals surface area contributed by atoms with E-state index < -0.39 is 0 Å². The monoisotopic (exact) mass is 421 g/mol. The van der Waals surface area contributed by atoms with Crippen molar-refractivity contribution in [3.05, 3.63) is 18.5 Å². The number of aliphatic imine (C=N–C) groups is 1. The third kappa shape index (κ3) is 5.75. The maximum Gasteiger partial charge on any atom is 0.193 e. The number of aromatic nitrogens is 2. The van der Waals surface area contributed by atoms with Gasteiger partial charge in [0, 0.05) is 58.6 Å². The molecular weight excluding hydrogens is 393 g/mol. The zero-order chi connectivity index (χ0) is 15.1. The number of hydrogen-bond acceptors (Lipinski definition) is 3. The Morgan fingerprint density at radius 2 is 2.36 bits per heavy atom. The Hall–Kier alpha value is -0.830. The highest BCUT2D eigenvalue weighted by Gasteiger charge is 2.24. The van der Waals surface area contributed by atoms with Gasteiger partial charge >= 0.3 is 0 Å². The summed E-state index contributed by atoms with van der Waals surface area (Å²) in [6.07, 6.45) is 5.00. The highest BCUT2D eigenvalue weighted by Crippen LogP contribution is 2.16. The van der Waals surface area contributed by atoms with Crippen molar-refractivity contribution < 1.29 is 4.74 Å². The van der Waals surface area contributed by atoms with Crippen LogP contribution in [0.2, 0.25) is 0 Å². The van der Waals surface area contributed by atoms with Gasteiger partial charge in [0.25, 0.3) is 0 Å². The van der Waals surface area contributed by atoms with Crippen LogP contribution in [-0.4, -0.2) is 61.0 Å². The number of nitrogens with one attached hydrogen (secondary N) is 1. The molecule has 1 aliphatic rings. The molecule has 0 radical (unpaired) electrons. The van der Waals surface area contributed by atoms with Crippen LogP contribution in [0.15, 0.2) is 23.5 Å². The van der Waals surface area contributed by atoms with Crippen LogP contribution in [0.25, 0.3) is 0 Å². The van der Waals surface area contributed by atoms with E-state index in [-0.39, 0.29) is 24.0 Å². The van der Waals surface area contributed by atoms with E-state index in [1.165, 1.54) is 6.42 Å². The number of rotatable bonds is 6. The number of ether oxygens (including phenoxy) is 1. The van der Waals surface area contributed by atoms with Crippen LogP contribution < -0.4 is 5.32 Å². The van der Waals surface area contributed by atoms with Crippen molar-refractivity contribution in [1.82, 2.24) is 20.0 Å². The molecule has 2 heterocycles. The molecule has 0 saturated carbocycles. The summed E-state index contributed by atoms with van der Waals surface area (Å²) in [5.74, 6) is 2.12. The molecular formula is C15H28IN5O. The fourth-order valence-electron chi connectivity index (χ4n) is 2.79. The van der Waals surface area contributed by atoms with E-state index in [1.807, 2.05) is 30.2 Å². The third-order valence-corrected chi connectivity index (χ3v) is 3.87. The first-order chi connectivity index (χ1) is 10.2. The zero-order valence-corrected chi connectivity index (χ0v) is 16.1. The van der Waals surface area contributed by atoms with E-state index >= 15 is 0 Å². The highest BCUT2D eigenvalue weighted by molar-refractivity contribution is 14.0. The standard InChI is InChI=1S/C15H27N5O.HI/c1-13(10-20-7-4-6-18-20)9-17-15(16-2)19-8-5-14(11-19)12-21-3;/h4,6-7,13-14H,5,8-12H2,1-3H3,(H,16,17);1H. The second kappa shape index (κ2) is 10.0. The van der Waals surface area contributed by atoms with Crippen molar-refractivity contribution in [1.29, 1.82) is 0 Å². The largest absolute Gasteiger partial charge is 0.384 e. The molecule has 2 atom stereocenters. The van der Waals surface area contributed by atoms with Gasteiger partial charge in [-0.3, -0.25) is 9.67 Å². The van der Waals surface area contributed by atoms with E-state index in [0.29, 0.717) is 11.8 Å². The Morgan fingerprint density at radius 1 is 1.55 bits per heavy atom. The van der Waals surface area contributed by atoms with Crippen LogP contribution in [0.1, 0.15) is 13.3 Å². The summed E-state index contributed by atoms with van der Waals surface area (Å²) in [6, 6.07) is 1.96. The molecule has 0 amide bonds. The number of methoxy groups -OCH3 is 1. The summed E-state index contributed by atoms with van der Waals surface area (Å²) in [6.45, 7) is 6.96. The lowest BCUT2D eigenvalue weighted by molar-refractivity contribution is 0.157. The minimum atomic E-state index is 0. The fraction of sp³-hybridized carbons (Fsp3) is 0.733. The highest BCUT2D eigenvalue weighted by atomic mass is 127. The lowest BCUT2D eigenvalue weighted by atomic mass is 10.1. The number of guanidine groups is 1. The number of halogens is 1. The summed E-state index contributed by atoms with van der Waals surface area (Å²) < 4.78 is 7.22. The number of hydrogen-bond donors (Lipinski definition) is 1. The molecule has 2 rings (SSSR count). The summed E-state index contributed by atoms with van der Waals surface area (Å²) in [4.78, 5) is 6.73. The van der Waals surface area contributed by atoms with Gasteiger partial charge in [0.1, 0.15) is 0 Å². The Bertz CT molecular complexity index is 437. The smallest absolute Gasteiger partial charge is 0.193 e. The predicted molar refractivity (Wildman–Crippen MR) is 99.7 cm³/mol. The van der Waals surface area contributed by atoms with Gasteiger partial charge in [-0.05, 0) is 18.4 Å². The Kier molecular flexibility index (Phi) is 8.77. The van der Waals surface area contributed by atoms with Gasteiger partial charge in [0.2, 0.25) is 0 Å². The van der Waals surface area contributed by atoms with Gasteiger partial charge < -0.3 is 15.0 Å². The molecule has 1 aromatic rings. The van der Waals surface area contributed by atoms with Crippen molar-refractivity contribution in [3.8, 4) is 0 Å². The average molecular weight is 421 g/mol. The topological polar surface area (TPSA) is 54.7 Å². The van der Waals surface area contributed by atoms with E-state index in [4.69, 9.17) is 4.74 Å². The minimum Gasteiger partial charge on any atom is -0.384 e. The summed E-state index contributed by atoms with van der Waals surface area (Å²) >= 11 is 0. The van der Waals surface area contributed by atoms with Crippen LogP contribution >= 0.6 is 24.0 Å². The molecule has 1 fully saturated rings. The van der Waals surface area contributed by atoms with Gasteiger partial charge in [0.15, 0.2) is 5.96 Å². The number of nitrogens with zero attached hydrogens (tertiary/aromatic N) is 4. The lowest BCUT2D eigenvalue weighted by Gasteiger charge is -2.23. The summed E-state index contributed by atoms with van der Waals surface area (Å²) in [7, 11) is 3.62. The van der Waals surface area contributed by atoms with Crippen molar-refractivity contribution >= 4 is 29.9 Å². The molecule has 6 nitrogen and oxygen atoms in total. The van der Waals surface area contributed by atoms with Gasteiger partial charge in [-0.25, -0.2) is 0 Å². The molecule has 126 valence electrons. The summed E-state index contributed by atoms with van der Waals surface area (Å²) in [5.41, 5.74) is 0. The Balaban J connectivity index is 0.00000242. The molecule has 0 bridgehead atoms. The van der Waals surface area contributed by atoms with Gasteiger partial charge in [-0.2, -0.15) is 5.10 Å². The average Bonchev–Trinajstić information content (AvgIpc) is 3.12. The minimum absolute atomic E-state index is 0. The van der Waals surface area contributed by atoms with E-state index in [1.54, 1.807) is 7.11 Å². The maximum absolute atomic E-state index is 5.25. The van der Waals surface area contributed by atoms with Gasteiger partial charge in [-0.15, -0.1) is 24.0 Å². The van der Waals surface area contributed by atoms with Crippen LogP contribution in [0, 0.1) is 11.8 Å². The second-order valence-corrected chi connectivity index (χ2v) is 5.82. The molecule has 7 heteroatoms. The molecule has 1 aromatic heterocycles. The van der Waals surface area contributed by atoms with Crippen molar-refractivity contribution in [2.24, 2.45) is 16.8 Å². The zero-order valence-electron chi connectivity index (χ0n) is 13.7. The van der Waals surface area contributed by atoms with Crippen LogP contribution in [0.5, 0.6) is 0 Å². The molecule has 0 aromatic carbocycles. The molecule has 1 aliphatic heterocycles. The molecule has 1 N–H and O–H groups in total. The molecule has 0 aliphatic carbocycles. The molecule has 2 unspecified atom stereocenters. The fourth-order valence-corrected chi connectivity index (χ4v) is 2.79. The van der Waals surface area contributed by atoms with Crippen LogP contribution in [0.4, 0.5) is 0 Å². The first kappa shape index (κ1) is 19.2. The van der Waals surface area contributed by atoms with Crippen LogP contribution in [0.3, 0.4) is 0 Å². The normalized spacial score (nSPS) is 19.9. The van der Waals surface area contributed by atoms with Gasteiger partial charge in [0.05, 0.1) is 6.61 Å². The summed E-state index contributed by atoms with van der Waals surface area (Å²) in [5, 5.41) is 7.73. The molecule has 22 heavy (non-hydrogen) atoms. The Labute approximate surface area is 150 Å². The van der Waals surface area contributed by atoms with Gasteiger partial charge in [-0.1, -0.05) is 6.92 Å². The second-order valence-electron chi connectivity index (χ2n) is 5.82. The Morgan fingerprint density at radius 3 is 3.00 bits per heavy atom. The van der Waals surface area contributed by atoms with Crippen LogP contribution in [-0.2, 0) is 11.3 Å². The first-order valence-corrected chi connectivity index (χ1v) is 7.65. The van der Waals surface area contributed by atoms with E-state index in [2.05, 4.69) is 27.2 Å². The van der Waals surface area contributed by atoms with Crippen molar-refractivity contribution in [2.45, 2.75) is 19.9 Å². The molecule has 1 saturated heterocycles. The predicted octanol–water partition coefficient (Wildman–Crippen LogP) is 1.68. The SMILES string of the molecule is CN=C(NCC(C)Cn1cccn1)N1CCC(COC)C1.I. The quantitative estimate of drug-likeness (QED) is 0.432.